The lowest BCUT2D eigenvalue weighted by molar-refractivity contribution is 0.0752. The van der Waals surface area contributed by atoms with E-state index < -0.39 is 0 Å². The number of piperidine rings is 1. The number of fused-ring (bicyclic) bond motifs is 2. The van der Waals surface area contributed by atoms with Crippen molar-refractivity contribution in [3.05, 3.63) is 105 Å². The summed E-state index contributed by atoms with van der Waals surface area (Å²) in [7, 11) is 0. The fourth-order valence-electron chi connectivity index (χ4n) is 4.65. The SMILES string of the molecule is O=C(c1ccccc1)N1CCC/C(=C2\c3ccc(Cl)cc3CCc3cccnc32)C1. The predicted molar refractivity (Wildman–Crippen MR) is 121 cm³/mol. The van der Waals surface area contributed by atoms with Gasteiger partial charge in [-0.3, -0.25) is 9.78 Å². The average molecular weight is 415 g/mol. The molecule has 0 N–H and O–H groups in total. The van der Waals surface area contributed by atoms with Crippen LogP contribution in [0.3, 0.4) is 0 Å². The lowest BCUT2D eigenvalue weighted by Crippen LogP contribution is -2.37. The summed E-state index contributed by atoms with van der Waals surface area (Å²) in [5.74, 6) is 0.0968. The minimum absolute atomic E-state index is 0.0968. The van der Waals surface area contributed by atoms with Crippen LogP contribution >= 0.6 is 11.6 Å². The van der Waals surface area contributed by atoms with Gasteiger partial charge in [0.25, 0.3) is 5.91 Å². The summed E-state index contributed by atoms with van der Waals surface area (Å²) in [4.78, 5) is 19.9. The second kappa shape index (κ2) is 8.08. The first-order chi connectivity index (χ1) is 14.7. The quantitative estimate of drug-likeness (QED) is 0.521. The van der Waals surface area contributed by atoms with Crippen LogP contribution in [-0.2, 0) is 12.8 Å². The molecule has 1 amide bonds. The number of nitrogens with zero attached hydrogens (tertiary/aromatic N) is 2. The number of benzene rings is 2. The Bertz CT molecular complexity index is 1140. The van der Waals surface area contributed by atoms with Crippen LogP contribution in [0.15, 0.2) is 72.4 Å². The summed E-state index contributed by atoms with van der Waals surface area (Å²) in [5.41, 5.74) is 8.02. The van der Waals surface area contributed by atoms with Gasteiger partial charge in [0.05, 0.1) is 5.69 Å². The first-order valence-electron chi connectivity index (χ1n) is 10.5. The van der Waals surface area contributed by atoms with Crippen molar-refractivity contribution in [1.82, 2.24) is 9.88 Å². The number of carbonyl (C=O) groups is 1. The van der Waals surface area contributed by atoms with Gasteiger partial charge in [0, 0.05) is 35.4 Å². The van der Waals surface area contributed by atoms with Crippen LogP contribution in [0.4, 0.5) is 0 Å². The van der Waals surface area contributed by atoms with E-state index in [-0.39, 0.29) is 5.91 Å². The highest BCUT2D eigenvalue weighted by Gasteiger charge is 2.27. The van der Waals surface area contributed by atoms with Crippen LogP contribution in [-0.4, -0.2) is 28.9 Å². The van der Waals surface area contributed by atoms with Crippen LogP contribution < -0.4 is 0 Å². The van der Waals surface area contributed by atoms with E-state index >= 15 is 0 Å². The maximum Gasteiger partial charge on any atom is 0.254 e. The molecule has 2 aliphatic rings. The zero-order chi connectivity index (χ0) is 20.5. The number of hydrogen-bond acceptors (Lipinski definition) is 2. The third-order valence-corrected chi connectivity index (χ3v) is 6.31. The van der Waals surface area contributed by atoms with Gasteiger partial charge in [-0.2, -0.15) is 0 Å². The molecule has 0 bridgehead atoms. The van der Waals surface area contributed by atoms with E-state index in [0.29, 0.717) is 6.54 Å². The normalized spacial score (nSPS) is 18.4. The van der Waals surface area contributed by atoms with Crippen molar-refractivity contribution in [1.29, 1.82) is 0 Å². The zero-order valence-corrected chi connectivity index (χ0v) is 17.5. The Labute approximate surface area is 182 Å². The zero-order valence-electron chi connectivity index (χ0n) is 16.8. The van der Waals surface area contributed by atoms with Crippen molar-refractivity contribution in [2.75, 3.05) is 13.1 Å². The Kier molecular flexibility index (Phi) is 5.14. The molecule has 1 saturated heterocycles. The summed E-state index contributed by atoms with van der Waals surface area (Å²) in [6, 6.07) is 19.9. The topological polar surface area (TPSA) is 33.2 Å². The second-order valence-corrected chi connectivity index (χ2v) is 8.42. The molecule has 1 aromatic heterocycles. The maximum atomic E-state index is 13.1. The maximum absolute atomic E-state index is 13.1. The van der Waals surface area contributed by atoms with Crippen LogP contribution in [0.2, 0.25) is 5.02 Å². The Hall–Kier alpha value is -2.91. The number of aromatic nitrogens is 1. The minimum atomic E-state index is 0.0968. The number of halogens is 1. The Morgan fingerprint density at radius 2 is 1.77 bits per heavy atom. The number of hydrogen-bond donors (Lipinski definition) is 0. The number of pyridine rings is 1. The average Bonchev–Trinajstić information content (AvgIpc) is 2.96. The number of aryl methyl sites for hydroxylation is 2. The van der Waals surface area contributed by atoms with Gasteiger partial charge in [0.1, 0.15) is 0 Å². The van der Waals surface area contributed by atoms with Gasteiger partial charge in [0.15, 0.2) is 0 Å². The molecular formula is C26H23ClN2O. The lowest BCUT2D eigenvalue weighted by Gasteiger charge is -2.31. The highest BCUT2D eigenvalue weighted by Crippen LogP contribution is 2.38. The highest BCUT2D eigenvalue weighted by atomic mass is 35.5. The molecule has 3 aromatic rings. The molecular weight excluding hydrogens is 392 g/mol. The van der Waals surface area contributed by atoms with Crippen LogP contribution in [0, 0.1) is 0 Å². The molecule has 3 nitrogen and oxygen atoms in total. The molecule has 2 aromatic carbocycles. The molecule has 4 heteroatoms. The first kappa shape index (κ1) is 19.1. The van der Waals surface area contributed by atoms with Crippen molar-refractivity contribution in [2.45, 2.75) is 25.7 Å². The van der Waals surface area contributed by atoms with Crippen molar-refractivity contribution in [3.8, 4) is 0 Å². The van der Waals surface area contributed by atoms with Gasteiger partial charge in [-0.1, -0.05) is 41.9 Å². The van der Waals surface area contributed by atoms with Crippen molar-refractivity contribution in [3.63, 3.8) is 0 Å². The van der Waals surface area contributed by atoms with Crippen LogP contribution in [0.25, 0.3) is 5.57 Å². The van der Waals surface area contributed by atoms with Gasteiger partial charge in [-0.25, -0.2) is 0 Å². The van der Waals surface area contributed by atoms with E-state index in [2.05, 4.69) is 18.2 Å². The molecule has 30 heavy (non-hydrogen) atoms. The van der Waals surface area contributed by atoms with E-state index in [1.807, 2.05) is 53.6 Å². The van der Waals surface area contributed by atoms with Crippen molar-refractivity contribution >= 4 is 23.1 Å². The van der Waals surface area contributed by atoms with Gasteiger partial charge < -0.3 is 4.90 Å². The highest BCUT2D eigenvalue weighted by molar-refractivity contribution is 6.30. The molecule has 0 spiro atoms. The van der Waals surface area contributed by atoms with Crippen LogP contribution in [0.5, 0.6) is 0 Å². The van der Waals surface area contributed by atoms with E-state index in [4.69, 9.17) is 16.6 Å². The molecule has 0 atom stereocenters. The Morgan fingerprint density at radius 1 is 0.933 bits per heavy atom. The molecule has 150 valence electrons. The van der Waals surface area contributed by atoms with Gasteiger partial charge >= 0.3 is 0 Å². The standard InChI is InChI=1S/C26H23ClN2O/c27-22-12-13-23-20(16-22)11-10-18-8-4-14-28-25(18)24(23)21-9-5-15-29(17-21)26(30)19-6-2-1-3-7-19/h1-4,6-8,12-14,16H,5,9-11,15,17H2/b24-21-. The van der Waals surface area contributed by atoms with Crippen molar-refractivity contribution in [2.24, 2.45) is 0 Å². The summed E-state index contributed by atoms with van der Waals surface area (Å²) in [6.45, 7) is 1.42. The number of likely N-dealkylation sites (tertiary alicyclic amines) is 1. The number of carbonyl (C=O) groups excluding carboxylic acids is 1. The summed E-state index contributed by atoms with van der Waals surface area (Å²) >= 11 is 6.32. The van der Waals surface area contributed by atoms with Crippen molar-refractivity contribution < 1.29 is 4.79 Å². The van der Waals surface area contributed by atoms with E-state index in [9.17, 15) is 4.79 Å². The number of amides is 1. The van der Waals surface area contributed by atoms with E-state index in [1.165, 1.54) is 27.8 Å². The fraction of sp³-hybridized carbons (Fsp3) is 0.231. The van der Waals surface area contributed by atoms with Gasteiger partial charge in [0.2, 0.25) is 0 Å². The van der Waals surface area contributed by atoms with E-state index in [1.54, 1.807) is 0 Å². The predicted octanol–water partition coefficient (Wildman–Crippen LogP) is 5.57. The minimum Gasteiger partial charge on any atom is -0.335 e. The molecule has 1 fully saturated rings. The second-order valence-electron chi connectivity index (χ2n) is 7.99. The molecule has 1 aliphatic heterocycles. The monoisotopic (exact) mass is 414 g/mol. The molecule has 0 radical (unpaired) electrons. The largest absolute Gasteiger partial charge is 0.335 e. The molecule has 2 heterocycles. The van der Waals surface area contributed by atoms with Gasteiger partial charge in [-0.05, 0) is 78.3 Å². The molecule has 1 aliphatic carbocycles. The molecule has 0 unspecified atom stereocenters. The summed E-state index contributed by atoms with van der Waals surface area (Å²) in [5, 5.41) is 0.765. The van der Waals surface area contributed by atoms with Gasteiger partial charge in [-0.15, -0.1) is 0 Å². The number of rotatable bonds is 1. The lowest BCUT2D eigenvalue weighted by atomic mass is 9.89. The first-order valence-corrected chi connectivity index (χ1v) is 10.9. The molecule has 0 saturated carbocycles. The Balaban J connectivity index is 1.62. The third kappa shape index (κ3) is 3.54. The van der Waals surface area contributed by atoms with Crippen LogP contribution in [0.1, 0.15) is 45.6 Å². The Morgan fingerprint density at radius 3 is 2.63 bits per heavy atom. The summed E-state index contributed by atoms with van der Waals surface area (Å²) < 4.78 is 0. The molecule has 5 rings (SSSR count). The van der Waals surface area contributed by atoms with E-state index in [0.717, 1.165) is 48.5 Å². The third-order valence-electron chi connectivity index (χ3n) is 6.08. The smallest absolute Gasteiger partial charge is 0.254 e. The fourth-order valence-corrected chi connectivity index (χ4v) is 4.84. The summed E-state index contributed by atoms with van der Waals surface area (Å²) in [6.07, 6.45) is 5.70.